The van der Waals surface area contributed by atoms with E-state index in [0.29, 0.717) is 16.6 Å². The zero-order valence-corrected chi connectivity index (χ0v) is 11.6. The summed E-state index contributed by atoms with van der Waals surface area (Å²) in [5, 5.41) is 3.05. The number of carbonyl (C=O) groups is 1. The normalized spacial score (nSPS) is 14.2. The summed E-state index contributed by atoms with van der Waals surface area (Å²) in [5.41, 5.74) is -0.320. The average molecular weight is 304 g/mol. The van der Waals surface area contributed by atoms with E-state index in [1.165, 1.54) is 13.2 Å². The molecule has 1 rings (SSSR count). The molecule has 0 aliphatic rings. The summed E-state index contributed by atoms with van der Waals surface area (Å²) < 4.78 is 18.3. The maximum Gasteiger partial charge on any atom is 0.330 e. The van der Waals surface area contributed by atoms with Gasteiger partial charge in [0.15, 0.2) is 0 Å². The number of benzene rings is 1. The summed E-state index contributed by atoms with van der Waals surface area (Å²) in [5.74, 6) is -0.768. The average Bonchev–Trinajstić information content (AvgIpc) is 2.31. The lowest BCUT2D eigenvalue weighted by atomic mass is 9.92. The van der Waals surface area contributed by atoms with E-state index in [1.54, 1.807) is 19.1 Å². The van der Waals surface area contributed by atoms with E-state index in [4.69, 9.17) is 4.74 Å². The monoisotopic (exact) mass is 303 g/mol. The van der Waals surface area contributed by atoms with E-state index in [-0.39, 0.29) is 5.82 Å². The lowest BCUT2D eigenvalue weighted by Crippen LogP contribution is -2.47. The highest BCUT2D eigenvalue weighted by Crippen LogP contribution is 2.26. The largest absolute Gasteiger partial charge is 0.467 e. The maximum atomic E-state index is 13.2. The van der Waals surface area contributed by atoms with Crippen molar-refractivity contribution >= 4 is 21.9 Å². The van der Waals surface area contributed by atoms with Crippen LogP contribution in [0.4, 0.5) is 4.39 Å². The molecule has 94 valence electrons. The van der Waals surface area contributed by atoms with Crippen LogP contribution in [0.25, 0.3) is 0 Å². The summed E-state index contributed by atoms with van der Waals surface area (Å²) in [4.78, 5) is 11.8. The van der Waals surface area contributed by atoms with Crippen molar-refractivity contribution in [3.63, 3.8) is 0 Å². The number of hydrogen-bond donors (Lipinski definition) is 1. The van der Waals surface area contributed by atoms with Gasteiger partial charge in [0.2, 0.25) is 0 Å². The van der Waals surface area contributed by atoms with Gasteiger partial charge >= 0.3 is 5.97 Å². The van der Waals surface area contributed by atoms with Gasteiger partial charge in [-0.05, 0) is 47.1 Å². The molecular weight excluding hydrogens is 289 g/mol. The van der Waals surface area contributed by atoms with E-state index >= 15 is 0 Å². The van der Waals surface area contributed by atoms with Crippen LogP contribution < -0.4 is 5.32 Å². The molecule has 0 amide bonds. The van der Waals surface area contributed by atoms with Crippen LogP contribution in [0.5, 0.6) is 0 Å². The lowest BCUT2D eigenvalue weighted by Gasteiger charge is -2.28. The molecular formula is C12H15BrFNO2. The van der Waals surface area contributed by atoms with E-state index in [9.17, 15) is 9.18 Å². The van der Waals surface area contributed by atoms with Gasteiger partial charge in [0, 0.05) is 0 Å². The molecule has 0 spiro atoms. The molecule has 5 heteroatoms. The fourth-order valence-electron chi connectivity index (χ4n) is 1.66. The van der Waals surface area contributed by atoms with Crippen LogP contribution in [0, 0.1) is 5.82 Å². The zero-order valence-electron chi connectivity index (χ0n) is 10.0. The van der Waals surface area contributed by atoms with Gasteiger partial charge < -0.3 is 4.74 Å². The Kier molecular flexibility index (Phi) is 4.65. The molecule has 0 aromatic heterocycles. The second-order valence-corrected chi connectivity index (χ2v) is 4.63. The highest BCUT2D eigenvalue weighted by atomic mass is 79.9. The van der Waals surface area contributed by atoms with Gasteiger partial charge in [-0.25, -0.2) is 9.18 Å². The van der Waals surface area contributed by atoms with Gasteiger partial charge in [-0.15, -0.1) is 0 Å². The Morgan fingerprint density at radius 3 is 2.71 bits per heavy atom. The number of esters is 1. The molecule has 0 fully saturated rings. The third-order valence-corrected chi connectivity index (χ3v) is 3.23. The van der Waals surface area contributed by atoms with Crippen molar-refractivity contribution in [2.75, 3.05) is 13.7 Å². The SMILES string of the molecule is CCNC(C)(C(=O)OC)c1ccc(F)c(Br)c1. The predicted octanol–water partition coefficient (Wildman–Crippen LogP) is 2.59. The predicted molar refractivity (Wildman–Crippen MR) is 67.1 cm³/mol. The second kappa shape index (κ2) is 5.60. The molecule has 0 saturated carbocycles. The topological polar surface area (TPSA) is 38.3 Å². The third-order valence-electron chi connectivity index (χ3n) is 2.62. The minimum Gasteiger partial charge on any atom is -0.467 e. The molecule has 0 bridgehead atoms. The van der Waals surface area contributed by atoms with Crippen LogP contribution in [0.2, 0.25) is 0 Å². The lowest BCUT2D eigenvalue weighted by molar-refractivity contribution is -0.148. The highest BCUT2D eigenvalue weighted by molar-refractivity contribution is 9.10. The standard InChI is InChI=1S/C12H15BrFNO2/c1-4-15-12(2,11(16)17-3)8-5-6-10(14)9(13)7-8/h5-7,15H,4H2,1-3H3. The molecule has 0 heterocycles. The van der Waals surface area contributed by atoms with Crippen LogP contribution in [-0.4, -0.2) is 19.6 Å². The van der Waals surface area contributed by atoms with Crippen molar-refractivity contribution in [1.82, 2.24) is 5.32 Å². The molecule has 1 aromatic carbocycles. The Morgan fingerprint density at radius 2 is 2.24 bits per heavy atom. The molecule has 0 aliphatic carbocycles. The Morgan fingerprint density at radius 1 is 1.59 bits per heavy atom. The van der Waals surface area contributed by atoms with Crippen molar-refractivity contribution in [2.24, 2.45) is 0 Å². The van der Waals surface area contributed by atoms with Crippen molar-refractivity contribution in [3.05, 3.63) is 34.1 Å². The first-order valence-corrected chi connectivity index (χ1v) is 6.04. The number of nitrogens with one attached hydrogen (secondary N) is 1. The molecule has 1 aromatic rings. The maximum absolute atomic E-state index is 13.2. The van der Waals surface area contributed by atoms with Crippen LogP contribution in [0.15, 0.2) is 22.7 Å². The van der Waals surface area contributed by atoms with E-state index < -0.39 is 11.5 Å². The van der Waals surface area contributed by atoms with E-state index in [2.05, 4.69) is 21.2 Å². The second-order valence-electron chi connectivity index (χ2n) is 3.78. The Bertz CT molecular complexity index is 425. The van der Waals surface area contributed by atoms with E-state index in [1.807, 2.05) is 6.92 Å². The summed E-state index contributed by atoms with van der Waals surface area (Å²) in [6, 6.07) is 4.46. The number of rotatable bonds is 4. The third kappa shape index (κ3) is 2.84. The van der Waals surface area contributed by atoms with E-state index in [0.717, 1.165) is 0 Å². The number of carbonyl (C=O) groups excluding carboxylic acids is 1. The first kappa shape index (κ1) is 14.1. The van der Waals surface area contributed by atoms with Crippen molar-refractivity contribution in [3.8, 4) is 0 Å². The summed E-state index contributed by atoms with van der Waals surface area (Å²) in [7, 11) is 1.33. The van der Waals surface area contributed by atoms with Crippen molar-refractivity contribution in [1.29, 1.82) is 0 Å². The molecule has 0 radical (unpaired) electrons. The van der Waals surface area contributed by atoms with Crippen LogP contribution in [0.1, 0.15) is 19.4 Å². The van der Waals surface area contributed by atoms with Crippen molar-refractivity contribution < 1.29 is 13.9 Å². The smallest absolute Gasteiger partial charge is 0.330 e. The number of methoxy groups -OCH3 is 1. The van der Waals surface area contributed by atoms with Gasteiger partial charge in [0.1, 0.15) is 11.4 Å². The fourth-order valence-corrected chi connectivity index (χ4v) is 2.04. The first-order chi connectivity index (χ1) is 7.95. The van der Waals surface area contributed by atoms with Crippen LogP contribution >= 0.6 is 15.9 Å². The fraction of sp³-hybridized carbons (Fsp3) is 0.417. The molecule has 17 heavy (non-hydrogen) atoms. The molecule has 3 nitrogen and oxygen atoms in total. The Hall–Kier alpha value is -0.940. The van der Waals surface area contributed by atoms with Gasteiger partial charge in [-0.2, -0.15) is 0 Å². The van der Waals surface area contributed by atoms with Crippen LogP contribution in [0.3, 0.4) is 0 Å². The molecule has 1 N–H and O–H groups in total. The number of likely N-dealkylation sites (N-methyl/N-ethyl adjacent to an activating group) is 1. The number of hydrogen-bond acceptors (Lipinski definition) is 3. The Labute approximate surface area is 108 Å². The summed E-state index contributed by atoms with van der Waals surface area (Å²) in [6.07, 6.45) is 0. The van der Waals surface area contributed by atoms with Gasteiger partial charge in [0.25, 0.3) is 0 Å². The number of halogens is 2. The van der Waals surface area contributed by atoms with Gasteiger partial charge in [-0.1, -0.05) is 13.0 Å². The minimum atomic E-state index is -0.972. The summed E-state index contributed by atoms with van der Waals surface area (Å²) >= 11 is 3.11. The first-order valence-electron chi connectivity index (χ1n) is 5.24. The molecule has 0 saturated heterocycles. The van der Waals surface area contributed by atoms with Gasteiger partial charge in [0.05, 0.1) is 11.6 Å². The molecule has 1 unspecified atom stereocenters. The number of ether oxygens (including phenoxy) is 1. The highest BCUT2D eigenvalue weighted by Gasteiger charge is 2.35. The minimum absolute atomic E-state index is 0.322. The van der Waals surface area contributed by atoms with Crippen molar-refractivity contribution in [2.45, 2.75) is 19.4 Å². The Balaban J connectivity index is 3.22. The quantitative estimate of drug-likeness (QED) is 0.869. The summed E-state index contributed by atoms with van der Waals surface area (Å²) in [6.45, 7) is 4.20. The van der Waals surface area contributed by atoms with Gasteiger partial charge in [-0.3, -0.25) is 5.32 Å². The zero-order chi connectivity index (χ0) is 13.1. The van der Waals surface area contributed by atoms with Crippen LogP contribution in [-0.2, 0) is 15.1 Å². The molecule has 1 atom stereocenters. The molecule has 0 aliphatic heterocycles.